The molecule has 0 bridgehead atoms. The van der Waals surface area contributed by atoms with Crippen molar-refractivity contribution in [2.75, 3.05) is 11.9 Å². The SMILES string of the molecule is O=C(CCCOc1ccc(Cl)cc1Cl)Nc1ccc(S(=O)(=O)NCc2ccccc2)cc1. The summed E-state index contributed by atoms with van der Waals surface area (Å²) in [6, 6.07) is 20.2. The van der Waals surface area contributed by atoms with Crippen molar-refractivity contribution in [2.24, 2.45) is 0 Å². The maximum absolute atomic E-state index is 12.4. The summed E-state index contributed by atoms with van der Waals surface area (Å²) in [7, 11) is -3.65. The molecule has 0 aliphatic rings. The van der Waals surface area contributed by atoms with Gasteiger partial charge in [0.2, 0.25) is 15.9 Å². The van der Waals surface area contributed by atoms with Gasteiger partial charge in [-0.2, -0.15) is 0 Å². The number of nitrogens with one attached hydrogen (secondary N) is 2. The molecule has 168 valence electrons. The van der Waals surface area contributed by atoms with Gasteiger partial charge in [-0.05, 0) is 54.4 Å². The average molecular weight is 493 g/mol. The molecular weight excluding hydrogens is 471 g/mol. The van der Waals surface area contributed by atoms with Crippen LogP contribution in [-0.4, -0.2) is 20.9 Å². The number of hydrogen-bond donors (Lipinski definition) is 2. The van der Waals surface area contributed by atoms with Crippen LogP contribution in [0.1, 0.15) is 18.4 Å². The second-order valence-electron chi connectivity index (χ2n) is 6.91. The molecule has 0 spiro atoms. The highest BCUT2D eigenvalue weighted by molar-refractivity contribution is 7.89. The molecule has 0 aromatic heterocycles. The summed E-state index contributed by atoms with van der Waals surface area (Å²) < 4.78 is 33.0. The van der Waals surface area contributed by atoms with Crippen LogP contribution in [0.5, 0.6) is 5.75 Å². The van der Waals surface area contributed by atoms with Crippen molar-refractivity contribution in [1.82, 2.24) is 4.72 Å². The van der Waals surface area contributed by atoms with Crippen LogP contribution < -0.4 is 14.8 Å². The van der Waals surface area contributed by atoms with Gasteiger partial charge in [0, 0.05) is 23.7 Å². The first-order valence-electron chi connectivity index (χ1n) is 9.85. The average Bonchev–Trinajstić information content (AvgIpc) is 2.78. The third-order valence-electron chi connectivity index (χ3n) is 4.46. The number of anilines is 1. The van der Waals surface area contributed by atoms with Gasteiger partial charge in [-0.25, -0.2) is 13.1 Å². The Bertz CT molecular complexity index is 1150. The van der Waals surface area contributed by atoms with Crippen LogP contribution in [0.4, 0.5) is 5.69 Å². The van der Waals surface area contributed by atoms with E-state index in [0.29, 0.717) is 34.5 Å². The Morgan fingerprint density at radius 1 is 0.938 bits per heavy atom. The smallest absolute Gasteiger partial charge is 0.240 e. The van der Waals surface area contributed by atoms with E-state index in [1.807, 2.05) is 30.3 Å². The molecule has 3 aromatic carbocycles. The highest BCUT2D eigenvalue weighted by Gasteiger charge is 2.14. The number of sulfonamides is 1. The molecule has 0 unspecified atom stereocenters. The molecule has 0 saturated heterocycles. The number of halogens is 2. The summed E-state index contributed by atoms with van der Waals surface area (Å²) in [5.74, 6) is 0.308. The van der Waals surface area contributed by atoms with Crippen LogP contribution >= 0.6 is 23.2 Å². The van der Waals surface area contributed by atoms with E-state index in [4.69, 9.17) is 27.9 Å². The summed E-state index contributed by atoms with van der Waals surface area (Å²) in [4.78, 5) is 12.3. The summed E-state index contributed by atoms with van der Waals surface area (Å²) in [6.07, 6.45) is 0.727. The molecule has 0 aliphatic heterocycles. The van der Waals surface area contributed by atoms with E-state index in [2.05, 4.69) is 10.0 Å². The molecule has 0 saturated carbocycles. The maximum atomic E-state index is 12.4. The normalized spacial score (nSPS) is 11.2. The zero-order chi connectivity index (χ0) is 23.0. The molecule has 2 N–H and O–H groups in total. The van der Waals surface area contributed by atoms with Gasteiger partial charge in [0.15, 0.2) is 0 Å². The lowest BCUT2D eigenvalue weighted by Crippen LogP contribution is -2.23. The monoisotopic (exact) mass is 492 g/mol. The van der Waals surface area contributed by atoms with Crippen molar-refractivity contribution in [1.29, 1.82) is 0 Å². The summed E-state index contributed by atoms with van der Waals surface area (Å²) in [5, 5.41) is 3.68. The zero-order valence-electron chi connectivity index (χ0n) is 17.1. The van der Waals surface area contributed by atoms with Crippen molar-refractivity contribution in [3.63, 3.8) is 0 Å². The van der Waals surface area contributed by atoms with Crippen molar-refractivity contribution >= 4 is 44.8 Å². The molecule has 0 heterocycles. The Hall–Kier alpha value is -2.58. The van der Waals surface area contributed by atoms with E-state index >= 15 is 0 Å². The number of carbonyl (C=O) groups excluding carboxylic acids is 1. The van der Waals surface area contributed by atoms with Gasteiger partial charge in [-0.15, -0.1) is 0 Å². The molecule has 0 atom stereocenters. The van der Waals surface area contributed by atoms with Crippen LogP contribution in [-0.2, 0) is 21.4 Å². The lowest BCUT2D eigenvalue weighted by Gasteiger charge is -2.10. The number of benzene rings is 3. The van der Waals surface area contributed by atoms with Gasteiger partial charge in [0.25, 0.3) is 0 Å². The number of amides is 1. The molecular formula is C23H22Cl2N2O4S. The van der Waals surface area contributed by atoms with Crippen molar-refractivity contribution in [2.45, 2.75) is 24.3 Å². The predicted molar refractivity (Wildman–Crippen MR) is 127 cm³/mol. The van der Waals surface area contributed by atoms with Crippen LogP contribution in [0, 0.1) is 0 Å². The van der Waals surface area contributed by atoms with Gasteiger partial charge in [-0.1, -0.05) is 53.5 Å². The van der Waals surface area contributed by atoms with E-state index < -0.39 is 10.0 Å². The zero-order valence-corrected chi connectivity index (χ0v) is 19.4. The van der Waals surface area contributed by atoms with Crippen LogP contribution in [0.3, 0.4) is 0 Å². The predicted octanol–water partition coefficient (Wildman–Crippen LogP) is 5.27. The first-order chi connectivity index (χ1) is 15.3. The fraction of sp³-hybridized carbons (Fsp3) is 0.174. The molecule has 1 amide bonds. The topological polar surface area (TPSA) is 84.5 Å². The Kier molecular flexibility index (Phi) is 8.53. The van der Waals surface area contributed by atoms with Gasteiger partial charge in [-0.3, -0.25) is 4.79 Å². The molecule has 9 heteroatoms. The third kappa shape index (κ3) is 7.24. The van der Waals surface area contributed by atoms with E-state index in [-0.39, 0.29) is 23.8 Å². The quantitative estimate of drug-likeness (QED) is 0.377. The first-order valence-corrected chi connectivity index (χ1v) is 12.1. The standard InChI is InChI=1S/C23H22Cl2N2O4S/c24-18-8-13-22(21(25)15-18)31-14-4-7-23(28)27-19-9-11-20(12-10-19)32(29,30)26-16-17-5-2-1-3-6-17/h1-3,5-6,8-13,15,26H,4,7,14,16H2,(H,27,28). The molecule has 6 nitrogen and oxygen atoms in total. The van der Waals surface area contributed by atoms with Gasteiger partial charge in [0.1, 0.15) is 5.75 Å². The van der Waals surface area contributed by atoms with Crippen LogP contribution in [0.2, 0.25) is 10.0 Å². The lowest BCUT2D eigenvalue weighted by molar-refractivity contribution is -0.116. The third-order valence-corrected chi connectivity index (χ3v) is 6.40. The number of carbonyl (C=O) groups is 1. The molecule has 0 fully saturated rings. The Balaban J connectivity index is 1.44. The minimum Gasteiger partial charge on any atom is -0.492 e. The summed E-state index contributed by atoms with van der Waals surface area (Å²) in [5.41, 5.74) is 1.38. The second-order valence-corrected chi connectivity index (χ2v) is 9.52. The first kappa shape index (κ1) is 24.1. The van der Waals surface area contributed by atoms with E-state index in [0.717, 1.165) is 5.56 Å². The largest absolute Gasteiger partial charge is 0.492 e. The van der Waals surface area contributed by atoms with Crippen molar-refractivity contribution in [3.05, 3.63) is 88.4 Å². The molecule has 3 rings (SSSR count). The minimum atomic E-state index is -3.65. The minimum absolute atomic E-state index is 0.125. The Labute approximate surface area is 197 Å². The number of hydrogen-bond acceptors (Lipinski definition) is 4. The van der Waals surface area contributed by atoms with Crippen molar-refractivity contribution in [3.8, 4) is 5.75 Å². The Morgan fingerprint density at radius 3 is 2.34 bits per heavy atom. The van der Waals surface area contributed by atoms with E-state index in [1.54, 1.807) is 30.3 Å². The van der Waals surface area contributed by atoms with Crippen LogP contribution in [0.25, 0.3) is 0 Å². The highest BCUT2D eigenvalue weighted by Crippen LogP contribution is 2.27. The summed E-state index contributed by atoms with van der Waals surface area (Å²) >= 11 is 11.9. The van der Waals surface area contributed by atoms with Gasteiger partial charge >= 0.3 is 0 Å². The molecule has 3 aromatic rings. The molecule has 0 aliphatic carbocycles. The number of ether oxygens (including phenoxy) is 1. The molecule has 32 heavy (non-hydrogen) atoms. The summed E-state index contributed by atoms with van der Waals surface area (Å²) in [6.45, 7) is 0.518. The van der Waals surface area contributed by atoms with Crippen molar-refractivity contribution < 1.29 is 17.9 Å². The van der Waals surface area contributed by atoms with Gasteiger partial charge < -0.3 is 10.1 Å². The second kappa shape index (κ2) is 11.3. The highest BCUT2D eigenvalue weighted by atomic mass is 35.5. The Morgan fingerprint density at radius 2 is 1.66 bits per heavy atom. The number of rotatable bonds is 10. The molecule has 0 radical (unpaired) electrons. The fourth-order valence-corrected chi connectivity index (χ4v) is 4.29. The van der Waals surface area contributed by atoms with Gasteiger partial charge in [0.05, 0.1) is 16.5 Å². The fourth-order valence-electron chi connectivity index (χ4n) is 2.81. The maximum Gasteiger partial charge on any atom is 0.240 e. The van der Waals surface area contributed by atoms with E-state index in [1.165, 1.54) is 12.1 Å². The lowest BCUT2D eigenvalue weighted by atomic mass is 10.2. The van der Waals surface area contributed by atoms with E-state index in [9.17, 15) is 13.2 Å². The van der Waals surface area contributed by atoms with Crippen LogP contribution in [0.15, 0.2) is 77.7 Å².